The Balaban J connectivity index is 2.51. The van der Waals surface area contributed by atoms with Crippen LogP contribution in [-0.4, -0.2) is 63.9 Å². The third-order valence-electron chi connectivity index (χ3n) is 2.81. The van der Waals surface area contributed by atoms with Gasteiger partial charge in [0.1, 0.15) is 6.04 Å². The van der Waals surface area contributed by atoms with E-state index in [1.54, 1.807) is 0 Å². The molecule has 0 aromatic rings. The van der Waals surface area contributed by atoms with Crippen molar-refractivity contribution < 1.29 is 29.7 Å². The van der Waals surface area contributed by atoms with E-state index in [1.807, 2.05) is 0 Å². The number of aliphatic hydroxyl groups excluding tert-OH is 1. The molecular weight excluding hydrogens is 244 g/mol. The average molecular weight is 260 g/mol. The Morgan fingerprint density at radius 1 is 1.33 bits per heavy atom. The van der Waals surface area contributed by atoms with Gasteiger partial charge < -0.3 is 25.5 Å². The van der Waals surface area contributed by atoms with Crippen LogP contribution in [0.4, 0.5) is 4.79 Å². The summed E-state index contributed by atoms with van der Waals surface area (Å²) < 4.78 is 0. The fourth-order valence-corrected chi connectivity index (χ4v) is 1.78. The number of nitrogens with zero attached hydrogens (tertiary/aromatic N) is 1. The van der Waals surface area contributed by atoms with Gasteiger partial charge in [-0.25, -0.2) is 9.59 Å². The van der Waals surface area contributed by atoms with Crippen LogP contribution in [0.5, 0.6) is 0 Å². The van der Waals surface area contributed by atoms with E-state index in [1.165, 1.54) is 4.90 Å². The fourth-order valence-electron chi connectivity index (χ4n) is 1.78. The first-order valence-electron chi connectivity index (χ1n) is 5.55. The summed E-state index contributed by atoms with van der Waals surface area (Å²) in [7, 11) is 0. The summed E-state index contributed by atoms with van der Waals surface area (Å²) in [6.45, 7) is 0.749. The lowest BCUT2D eigenvalue weighted by molar-refractivity contribution is -0.145. The zero-order valence-corrected chi connectivity index (χ0v) is 9.70. The number of carbonyl (C=O) groups is 3. The number of likely N-dealkylation sites (tertiary alicyclic amines) is 1. The van der Waals surface area contributed by atoms with E-state index in [4.69, 9.17) is 15.3 Å². The van der Waals surface area contributed by atoms with Crippen molar-refractivity contribution in [2.75, 3.05) is 19.7 Å². The summed E-state index contributed by atoms with van der Waals surface area (Å²) in [6.07, 6.45) is -0.0149. The molecule has 1 fully saturated rings. The lowest BCUT2D eigenvalue weighted by Crippen LogP contribution is -2.48. The summed E-state index contributed by atoms with van der Waals surface area (Å²) in [4.78, 5) is 34.3. The quantitative estimate of drug-likeness (QED) is 0.499. The number of carbonyl (C=O) groups excluding carboxylic acids is 1. The van der Waals surface area contributed by atoms with Crippen LogP contribution < -0.4 is 5.32 Å². The van der Waals surface area contributed by atoms with Crippen LogP contribution in [0, 0.1) is 5.92 Å². The summed E-state index contributed by atoms with van der Waals surface area (Å²) in [5, 5.41) is 28.4. The molecule has 2 amide bonds. The SMILES string of the molecule is O=C(O)C[C@H](NC(=O)N1CCC(CO)C1)C(=O)O. The molecule has 1 rings (SSSR count). The summed E-state index contributed by atoms with van der Waals surface area (Å²) >= 11 is 0. The molecule has 4 N–H and O–H groups in total. The predicted molar refractivity (Wildman–Crippen MR) is 59.0 cm³/mol. The molecule has 0 aromatic carbocycles. The molecular formula is C10H16N2O6. The van der Waals surface area contributed by atoms with Gasteiger partial charge in [0.05, 0.1) is 6.42 Å². The number of hydrogen-bond donors (Lipinski definition) is 4. The van der Waals surface area contributed by atoms with Crippen molar-refractivity contribution in [2.24, 2.45) is 5.92 Å². The topological polar surface area (TPSA) is 127 Å². The smallest absolute Gasteiger partial charge is 0.326 e. The Morgan fingerprint density at radius 3 is 2.44 bits per heavy atom. The normalized spacial score (nSPS) is 20.5. The highest BCUT2D eigenvalue weighted by atomic mass is 16.4. The van der Waals surface area contributed by atoms with E-state index in [-0.39, 0.29) is 12.5 Å². The minimum absolute atomic E-state index is 0.00139. The first kappa shape index (κ1) is 14.2. The van der Waals surface area contributed by atoms with Crippen molar-refractivity contribution >= 4 is 18.0 Å². The van der Waals surface area contributed by atoms with Gasteiger partial charge in [0.15, 0.2) is 0 Å². The Bertz CT molecular complexity index is 345. The van der Waals surface area contributed by atoms with Crippen LogP contribution in [0.3, 0.4) is 0 Å². The molecule has 2 atom stereocenters. The van der Waals surface area contributed by atoms with E-state index in [0.29, 0.717) is 19.5 Å². The van der Waals surface area contributed by atoms with E-state index in [0.717, 1.165) is 0 Å². The maximum atomic E-state index is 11.7. The van der Waals surface area contributed by atoms with E-state index >= 15 is 0 Å². The molecule has 8 nitrogen and oxygen atoms in total. The standard InChI is InChI=1S/C10H16N2O6/c13-5-6-1-2-12(4-6)10(18)11-7(9(16)17)3-8(14)15/h6-7,13H,1-5H2,(H,11,18)(H,14,15)(H,16,17)/t6?,7-/m0/s1. The minimum atomic E-state index is -1.44. The third kappa shape index (κ3) is 3.88. The fraction of sp³-hybridized carbons (Fsp3) is 0.700. The molecule has 18 heavy (non-hydrogen) atoms. The molecule has 8 heteroatoms. The highest BCUT2D eigenvalue weighted by Gasteiger charge is 2.29. The number of carboxylic acid groups (broad SMARTS) is 2. The van der Waals surface area contributed by atoms with Crippen molar-refractivity contribution in [3.05, 3.63) is 0 Å². The highest BCUT2D eigenvalue weighted by molar-refractivity contribution is 5.86. The number of amides is 2. The first-order chi connectivity index (χ1) is 8.43. The van der Waals surface area contributed by atoms with Gasteiger partial charge in [-0.2, -0.15) is 0 Å². The largest absolute Gasteiger partial charge is 0.481 e. The molecule has 0 saturated carbocycles. The van der Waals surface area contributed by atoms with Crippen LogP contribution in [0.25, 0.3) is 0 Å². The van der Waals surface area contributed by atoms with Gasteiger partial charge in [-0.15, -0.1) is 0 Å². The molecule has 1 unspecified atom stereocenters. The van der Waals surface area contributed by atoms with Gasteiger partial charge in [0.25, 0.3) is 0 Å². The zero-order chi connectivity index (χ0) is 13.7. The molecule has 1 aliphatic heterocycles. The van der Waals surface area contributed by atoms with Crippen LogP contribution in [0.15, 0.2) is 0 Å². The highest BCUT2D eigenvalue weighted by Crippen LogP contribution is 2.15. The molecule has 0 aromatic heterocycles. The molecule has 1 heterocycles. The van der Waals surface area contributed by atoms with Crippen molar-refractivity contribution in [2.45, 2.75) is 18.9 Å². The number of urea groups is 1. The summed E-state index contributed by atoms with van der Waals surface area (Å²) in [6, 6.07) is -2.05. The molecule has 0 spiro atoms. The molecule has 0 bridgehead atoms. The second-order valence-corrected chi connectivity index (χ2v) is 4.22. The number of aliphatic hydroxyl groups is 1. The van der Waals surface area contributed by atoms with Gasteiger partial charge in [-0.1, -0.05) is 0 Å². The summed E-state index contributed by atoms with van der Waals surface area (Å²) in [5.74, 6) is -2.68. The monoisotopic (exact) mass is 260 g/mol. The maximum absolute atomic E-state index is 11.7. The van der Waals surface area contributed by atoms with Crippen LogP contribution in [-0.2, 0) is 9.59 Å². The Labute approximate surface area is 103 Å². The summed E-state index contributed by atoms with van der Waals surface area (Å²) in [5.41, 5.74) is 0. The van der Waals surface area contributed by atoms with Crippen molar-refractivity contribution in [1.29, 1.82) is 0 Å². The van der Waals surface area contributed by atoms with Crippen LogP contribution >= 0.6 is 0 Å². The minimum Gasteiger partial charge on any atom is -0.481 e. The number of rotatable bonds is 5. The molecule has 0 aliphatic carbocycles. The second-order valence-electron chi connectivity index (χ2n) is 4.22. The number of nitrogens with one attached hydrogen (secondary N) is 1. The number of aliphatic carboxylic acids is 2. The third-order valence-corrected chi connectivity index (χ3v) is 2.81. The van der Waals surface area contributed by atoms with E-state index in [9.17, 15) is 14.4 Å². The average Bonchev–Trinajstić information content (AvgIpc) is 2.75. The molecule has 102 valence electrons. The van der Waals surface area contributed by atoms with E-state index in [2.05, 4.69) is 5.32 Å². The molecule has 0 radical (unpaired) electrons. The molecule has 1 saturated heterocycles. The van der Waals surface area contributed by atoms with Gasteiger partial charge in [0, 0.05) is 25.6 Å². The van der Waals surface area contributed by atoms with Gasteiger partial charge >= 0.3 is 18.0 Å². The van der Waals surface area contributed by atoms with Crippen molar-refractivity contribution in [3.8, 4) is 0 Å². The Hall–Kier alpha value is -1.83. The van der Waals surface area contributed by atoms with E-state index < -0.39 is 30.4 Å². The van der Waals surface area contributed by atoms with Crippen molar-refractivity contribution in [1.82, 2.24) is 10.2 Å². The van der Waals surface area contributed by atoms with Crippen LogP contribution in [0.1, 0.15) is 12.8 Å². The van der Waals surface area contributed by atoms with Gasteiger partial charge in [-0.05, 0) is 6.42 Å². The Morgan fingerprint density at radius 2 is 2.00 bits per heavy atom. The lowest BCUT2D eigenvalue weighted by atomic mass is 10.1. The lowest BCUT2D eigenvalue weighted by Gasteiger charge is -2.20. The first-order valence-corrected chi connectivity index (χ1v) is 5.55. The van der Waals surface area contributed by atoms with Gasteiger partial charge in [-0.3, -0.25) is 4.79 Å². The Kier molecular flexibility index (Phi) is 4.90. The number of carboxylic acids is 2. The van der Waals surface area contributed by atoms with Crippen LogP contribution in [0.2, 0.25) is 0 Å². The number of hydrogen-bond acceptors (Lipinski definition) is 4. The molecule has 1 aliphatic rings. The zero-order valence-electron chi connectivity index (χ0n) is 9.70. The van der Waals surface area contributed by atoms with Gasteiger partial charge in [0.2, 0.25) is 0 Å². The maximum Gasteiger partial charge on any atom is 0.326 e. The second kappa shape index (κ2) is 6.20. The predicted octanol–water partition coefficient (Wildman–Crippen LogP) is -1.06. The van der Waals surface area contributed by atoms with Crippen molar-refractivity contribution in [3.63, 3.8) is 0 Å².